The largest absolute Gasteiger partial charge is 0.465 e. The van der Waals surface area contributed by atoms with Crippen LogP contribution in [0.2, 0.25) is 0 Å². The van der Waals surface area contributed by atoms with E-state index in [1.807, 2.05) is 26.8 Å². The normalized spacial score (nSPS) is 23.9. The minimum absolute atomic E-state index is 0.0456. The molecule has 1 N–H and O–H groups in total. The van der Waals surface area contributed by atoms with Crippen molar-refractivity contribution >= 4 is 12.1 Å². The highest BCUT2D eigenvalue weighted by Gasteiger charge is 2.40. The van der Waals surface area contributed by atoms with Gasteiger partial charge in [-0.25, -0.2) is 9.59 Å². The number of hydrogen-bond acceptors (Lipinski definition) is 3. The Bertz CT molecular complexity index is 384. The minimum atomic E-state index is -0.890. The molecule has 0 aromatic heterocycles. The molecule has 114 valence electrons. The molecule has 0 bridgehead atoms. The van der Waals surface area contributed by atoms with Crippen LogP contribution in [0.3, 0.4) is 0 Å². The number of amides is 1. The molecule has 1 heterocycles. The van der Waals surface area contributed by atoms with Crippen molar-refractivity contribution in [2.45, 2.75) is 46.6 Å². The van der Waals surface area contributed by atoms with E-state index in [4.69, 9.17) is 4.74 Å². The van der Waals surface area contributed by atoms with Crippen LogP contribution in [0.4, 0.5) is 4.79 Å². The molecule has 20 heavy (non-hydrogen) atoms. The van der Waals surface area contributed by atoms with Gasteiger partial charge in [-0.3, -0.25) is 0 Å². The third-order valence-corrected chi connectivity index (χ3v) is 3.58. The van der Waals surface area contributed by atoms with E-state index in [1.165, 1.54) is 11.0 Å². The zero-order chi connectivity index (χ0) is 15.3. The van der Waals surface area contributed by atoms with Gasteiger partial charge < -0.3 is 14.7 Å². The summed E-state index contributed by atoms with van der Waals surface area (Å²) < 4.78 is 4.87. The number of piperidine rings is 1. The van der Waals surface area contributed by atoms with Gasteiger partial charge in [0.2, 0.25) is 0 Å². The molecule has 2 atom stereocenters. The van der Waals surface area contributed by atoms with Crippen LogP contribution >= 0.6 is 0 Å². The SMILES string of the molecule is CCOC(=O)/C=C/C1CCCN(C(=O)O)[C@@H]1C(C)(C)C. The summed E-state index contributed by atoms with van der Waals surface area (Å²) in [5.41, 5.74) is -0.178. The second-order valence-corrected chi connectivity index (χ2v) is 6.20. The zero-order valence-corrected chi connectivity index (χ0v) is 12.8. The van der Waals surface area contributed by atoms with Crippen LogP contribution in [-0.2, 0) is 9.53 Å². The summed E-state index contributed by atoms with van der Waals surface area (Å²) in [5, 5.41) is 9.36. The topological polar surface area (TPSA) is 66.8 Å². The van der Waals surface area contributed by atoms with Gasteiger partial charge in [-0.15, -0.1) is 0 Å². The molecule has 1 fully saturated rings. The Labute approximate surface area is 120 Å². The Morgan fingerprint density at radius 1 is 1.40 bits per heavy atom. The quantitative estimate of drug-likeness (QED) is 0.639. The van der Waals surface area contributed by atoms with E-state index >= 15 is 0 Å². The molecule has 0 radical (unpaired) electrons. The van der Waals surface area contributed by atoms with Gasteiger partial charge in [0.05, 0.1) is 6.61 Å². The van der Waals surface area contributed by atoms with Crippen molar-refractivity contribution in [1.29, 1.82) is 0 Å². The summed E-state index contributed by atoms with van der Waals surface area (Å²) in [6.45, 7) is 8.76. The number of carboxylic acid groups (broad SMARTS) is 1. The van der Waals surface area contributed by atoms with E-state index in [1.54, 1.807) is 6.92 Å². The maximum absolute atomic E-state index is 11.4. The van der Waals surface area contributed by atoms with Gasteiger partial charge in [-0.2, -0.15) is 0 Å². The number of hydrogen-bond donors (Lipinski definition) is 1. The van der Waals surface area contributed by atoms with Gasteiger partial charge >= 0.3 is 12.1 Å². The van der Waals surface area contributed by atoms with Gasteiger partial charge in [0.15, 0.2) is 0 Å². The summed E-state index contributed by atoms with van der Waals surface area (Å²) in [7, 11) is 0. The number of rotatable bonds is 3. The van der Waals surface area contributed by atoms with E-state index in [0.717, 1.165) is 12.8 Å². The van der Waals surface area contributed by atoms with Crippen LogP contribution in [0.25, 0.3) is 0 Å². The van der Waals surface area contributed by atoms with Gasteiger partial charge in [0.25, 0.3) is 0 Å². The fraction of sp³-hybridized carbons (Fsp3) is 0.733. The van der Waals surface area contributed by atoms with Crippen LogP contribution in [0, 0.1) is 11.3 Å². The lowest BCUT2D eigenvalue weighted by molar-refractivity contribution is -0.137. The highest BCUT2D eigenvalue weighted by molar-refractivity contribution is 5.81. The Kier molecular flexibility index (Phi) is 5.60. The summed E-state index contributed by atoms with van der Waals surface area (Å²) >= 11 is 0. The van der Waals surface area contributed by atoms with Crippen LogP contribution < -0.4 is 0 Å². The van der Waals surface area contributed by atoms with Gasteiger partial charge in [-0.1, -0.05) is 26.8 Å². The molecule has 5 heteroatoms. The summed E-state index contributed by atoms with van der Waals surface area (Å²) in [6.07, 6.45) is 4.05. The lowest BCUT2D eigenvalue weighted by Crippen LogP contribution is -2.53. The predicted molar refractivity (Wildman–Crippen MR) is 76.5 cm³/mol. The summed E-state index contributed by atoms with van der Waals surface area (Å²) in [6, 6.07) is -0.126. The van der Waals surface area contributed by atoms with Crippen molar-refractivity contribution in [2.75, 3.05) is 13.2 Å². The molecule has 1 aliphatic heterocycles. The Hall–Kier alpha value is -1.52. The van der Waals surface area contributed by atoms with Crippen LogP contribution in [0.1, 0.15) is 40.5 Å². The molecular formula is C15H25NO4. The number of carbonyl (C=O) groups excluding carboxylic acids is 1. The van der Waals surface area contributed by atoms with Crippen molar-refractivity contribution in [3.63, 3.8) is 0 Å². The van der Waals surface area contributed by atoms with Gasteiger partial charge in [-0.05, 0) is 31.1 Å². The molecule has 0 aromatic rings. The van der Waals surface area contributed by atoms with Crippen LogP contribution in [0.15, 0.2) is 12.2 Å². The molecular weight excluding hydrogens is 258 g/mol. The first-order valence-electron chi connectivity index (χ1n) is 7.12. The average molecular weight is 283 g/mol. The van der Waals surface area contributed by atoms with Crippen LogP contribution in [0.5, 0.6) is 0 Å². The van der Waals surface area contributed by atoms with E-state index in [9.17, 15) is 14.7 Å². The predicted octanol–water partition coefficient (Wildman–Crippen LogP) is 2.91. The molecule has 0 saturated carbocycles. The molecule has 1 saturated heterocycles. The van der Waals surface area contributed by atoms with E-state index < -0.39 is 6.09 Å². The maximum atomic E-state index is 11.4. The lowest BCUT2D eigenvalue weighted by Gasteiger charge is -2.46. The first-order valence-corrected chi connectivity index (χ1v) is 7.12. The van der Waals surface area contributed by atoms with Crippen molar-refractivity contribution in [1.82, 2.24) is 4.90 Å². The second kappa shape index (κ2) is 6.77. The highest BCUT2D eigenvalue weighted by Crippen LogP contribution is 2.36. The van der Waals surface area contributed by atoms with E-state index in [-0.39, 0.29) is 23.3 Å². The summed E-state index contributed by atoms with van der Waals surface area (Å²) in [4.78, 5) is 24.3. The molecule has 0 aromatic carbocycles. The number of carbonyl (C=O) groups is 2. The number of ether oxygens (including phenoxy) is 1. The lowest BCUT2D eigenvalue weighted by atomic mass is 9.74. The van der Waals surface area contributed by atoms with Gasteiger partial charge in [0.1, 0.15) is 0 Å². The molecule has 5 nitrogen and oxygen atoms in total. The van der Waals surface area contributed by atoms with Crippen LogP contribution in [-0.4, -0.2) is 41.3 Å². The average Bonchev–Trinajstić information content (AvgIpc) is 2.35. The summed E-state index contributed by atoms with van der Waals surface area (Å²) in [5.74, 6) is -0.322. The Balaban J connectivity index is 2.91. The van der Waals surface area contributed by atoms with E-state index in [2.05, 4.69) is 0 Å². The highest BCUT2D eigenvalue weighted by atomic mass is 16.5. The van der Waals surface area contributed by atoms with Crippen molar-refractivity contribution < 1.29 is 19.4 Å². The molecule has 1 amide bonds. The monoisotopic (exact) mass is 283 g/mol. The fourth-order valence-electron chi connectivity index (χ4n) is 2.94. The van der Waals surface area contributed by atoms with Crippen molar-refractivity contribution in [2.24, 2.45) is 11.3 Å². The Morgan fingerprint density at radius 2 is 2.05 bits per heavy atom. The Morgan fingerprint density at radius 3 is 2.55 bits per heavy atom. The molecule has 0 aliphatic carbocycles. The number of esters is 1. The first-order chi connectivity index (χ1) is 9.27. The van der Waals surface area contributed by atoms with Gasteiger partial charge in [0, 0.05) is 18.7 Å². The van der Waals surface area contributed by atoms with Crippen molar-refractivity contribution in [3.8, 4) is 0 Å². The smallest absolute Gasteiger partial charge is 0.407 e. The third-order valence-electron chi connectivity index (χ3n) is 3.58. The maximum Gasteiger partial charge on any atom is 0.407 e. The zero-order valence-electron chi connectivity index (χ0n) is 12.8. The second-order valence-electron chi connectivity index (χ2n) is 6.20. The molecule has 1 aliphatic rings. The third kappa shape index (κ3) is 4.25. The number of nitrogens with zero attached hydrogens (tertiary/aromatic N) is 1. The molecule has 1 unspecified atom stereocenters. The first kappa shape index (κ1) is 16.5. The minimum Gasteiger partial charge on any atom is -0.465 e. The van der Waals surface area contributed by atoms with Crippen molar-refractivity contribution in [3.05, 3.63) is 12.2 Å². The standard InChI is InChI=1S/C15H25NO4/c1-5-20-12(17)9-8-11-7-6-10-16(14(18)19)13(11)15(2,3)4/h8-9,11,13H,5-7,10H2,1-4H3,(H,18,19)/b9-8+/t11?,13-/m0/s1. The number of likely N-dealkylation sites (tertiary alicyclic amines) is 1. The molecule has 0 spiro atoms. The molecule has 1 rings (SSSR count). The van der Waals surface area contributed by atoms with E-state index in [0.29, 0.717) is 13.2 Å². The fourth-order valence-corrected chi connectivity index (χ4v) is 2.94.